The molecule has 1 heteroatoms. The number of rotatable bonds is 2. The Morgan fingerprint density at radius 3 is 2.18 bits per heavy atom. The van der Waals surface area contributed by atoms with Gasteiger partial charge in [-0.1, -0.05) is 0 Å². The third kappa shape index (κ3) is 1.58. The summed E-state index contributed by atoms with van der Waals surface area (Å²) in [6, 6.07) is 0. The van der Waals surface area contributed by atoms with E-state index in [1.54, 1.807) is 0 Å². The van der Waals surface area contributed by atoms with Crippen molar-refractivity contribution in [2.75, 3.05) is 6.61 Å². The zero-order chi connectivity index (χ0) is 7.73. The highest BCUT2D eigenvalue weighted by molar-refractivity contribution is 4.96. The van der Waals surface area contributed by atoms with Crippen LogP contribution in [-0.2, 0) is 0 Å². The third-order valence-electron chi connectivity index (χ3n) is 3.66. The number of aliphatic hydroxyl groups is 1. The summed E-state index contributed by atoms with van der Waals surface area (Å²) in [5, 5.41) is 8.76. The molecule has 0 aromatic heterocycles. The van der Waals surface area contributed by atoms with Gasteiger partial charge in [-0.2, -0.15) is 0 Å². The molecule has 11 heavy (non-hydrogen) atoms. The molecule has 1 N–H and O–H groups in total. The van der Waals surface area contributed by atoms with Crippen molar-refractivity contribution < 1.29 is 5.11 Å². The van der Waals surface area contributed by atoms with Crippen LogP contribution < -0.4 is 0 Å². The summed E-state index contributed by atoms with van der Waals surface area (Å²) in [6.07, 6.45) is 9.74. The molecule has 64 valence electrons. The van der Waals surface area contributed by atoms with Gasteiger partial charge in [0.1, 0.15) is 0 Å². The van der Waals surface area contributed by atoms with Crippen LogP contribution in [0.5, 0.6) is 0 Å². The van der Waals surface area contributed by atoms with Gasteiger partial charge in [-0.25, -0.2) is 0 Å². The van der Waals surface area contributed by atoms with E-state index in [2.05, 4.69) is 0 Å². The maximum absolute atomic E-state index is 8.76. The standard InChI is InChI=1S/C10H18O/c11-8-3-9-1-4-10(5-2-9)6-7-10/h9,11H,1-8H2. The normalized spacial score (nSPS) is 29.2. The van der Waals surface area contributed by atoms with E-state index in [-0.39, 0.29) is 0 Å². The van der Waals surface area contributed by atoms with Crippen LogP contribution in [0, 0.1) is 11.3 Å². The van der Waals surface area contributed by atoms with E-state index in [4.69, 9.17) is 5.11 Å². The lowest BCUT2D eigenvalue weighted by Crippen LogP contribution is -2.15. The number of aliphatic hydroxyl groups excluding tert-OH is 1. The highest BCUT2D eigenvalue weighted by Crippen LogP contribution is 2.57. The molecule has 2 rings (SSSR count). The fourth-order valence-electron chi connectivity index (χ4n) is 2.44. The molecule has 2 fully saturated rings. The van der Waals surface area contributed by atoms with Crippen LogP contribution >= 0.6 is 0 Å². The quantitative estimate of drug-likeness (QED) is 0.647. The molecule has 1 nitrogen and oxygen atoms in total. The molecule has 0 saturated heterocycles. The van der Waals surface area contributed by atoms with Crippen molar-refractivity contribution in [2.24, 2.45) is 11.3 Å². The first kappa shape index (κ1) is 7.60. The van der Waals surface area contributed by atoms with Gasteiger partial charge in [0.05, 0.1) is 0 Å². The molecule has 0 radical (unpaired) electrons. The number of hydrogen-bond donors (Lipinski definition) is 1. The van der Waals surface area contributed by atoms with Crippen molar-refractivity contribution >= 4 is 0 Å². The zero-order valence-electron chi connectivity index (χ0n) is 7.18. The zero-order valence-corrected chi connectivity index (χ0v) is 7.18. The summed E-state index contributed by atoms with van der Waals surface area (Å²) in [6.45, 7) is 0.400. The second kappa shape index (κ2) is 2.78. The molecular weight excluding hydrogens is 136 g/mol. The molecule has 2 aliphatic carbocycles. The first-order valence-electron chi connectivity index (χ1n) is 4.96. The predicted octanol–water partition coefficient (Wildman–Crippen LogP) is 2.34. The highest BCUT2D eigenvalue weighted by Gasteiger charge is 2.44. The van der Waals surface area contributed by atoms with Crippen molar-refractivity contribution in [3.63, 3.8) is 0 Å². The van der Waals surface area contributed by atoms with Crippen LogP contribution in [-0.4, -0.2) is 11.7 Å². The van der Waals surface area contributed by atoms with Crippen LogP contribution in [0.15, 0.2) is 0 Å². The van der Waals surface area contributed by atoms with E-state index in [1.807, 2.05) is 0 Å². The summed E-state index contributed by atoms with van der Waals surface area (Å²) in [5.41, 5.74) is 0.825. The molecule has 0 heterocycles. The molecule has 0 aliphatic heterocycles. The van der Waals surface area contributed by atoms with E-state index >= 15 is 0 Å². The Morgan fingerprint density at radius 1 is 1.09 bits per heavy atom. The first-order chi connectivity index (χ1) is 5.35. The third-order valence-corrected chi connectivity index (χ3v) is 3.66. The van der Waals surface area contributed by atoms with Crippen molar-refractivity contribution in [1.82, 2.24) is 0 Å². The minimum Gasteiger partial charge on any atom is -0.396 e. The predicted molar refractivity (Wildman–Crippen MR) is 45.3 cm³/mol. The minimum absolute atomic E-state index is 0.400. The fourth-order valence-corrected chi connectivity index (χ4v) is 2.44. The Bertz CT molecular complexity index is 128. The van der Waals surface area contributed by atoms with Crippen LogP contribution in [0.3, 0.4) is 0 Å². The maximum atomic E-state index is 8.76. The van der Waals surface area contributed by atoms with Gasteiger partial charge in [0.25, 0.3) is 0 Å². The van der Waals surface area contributed by atoms with Crippen LogP contribution in [0.2, 0.25) is 0 Å². The fraction of sp³-hybridized carbons (Fsp3) is 1.00. The number of hydrogen-bond acceptors (Lipinski definition) is 1. The van der Waals surface area contributed by atoms with E-state index in [1.165, 1.54) is 38.5 Å². The highest BCUT2D eigenvalue weighted by atomic mass is 16.3. The van der Waals surface area contributed by atoms with Crippen LogP contribution in [0.25, 0.3) is 0 Å². The minimum atomic E-state index is 0.400. The van der Waals surface area contributed by atoms with E-state index in [0.717, 1.165) is 17.8 Å². The van der Waals surface area contributed by atoms with Crippen molar-refractivity contribution in [2.45, 2.75) is 44.9 Å². The molecular formula is C10H18O. The Hall–Kier alpha value is -0.0400. The van der Waals surface area contributed by atoms with Crippen LogP contribution in [0.4, 0.5) is 0 Å². The topological polar surface area (TPSA) is 20.2 Å². The van der Waals surface area contributed by atoms with Gasteiger partial charge in [-0.05, 0) is 56.3 Å². The Labute approximate surface area is 68.8 Å². The first-order valence-corrected chi connectivity index (χ1v) is 4.96. The Balaban J connectivity index is 1.75. The SMILES string of the molecule is OCCC1CCC2(CC1)CC2. The Kier molecular flexibility index (Phi) is 1.92. The summed E-state index contributed by atoms with van der Waals surface area (Å²) in [7, 11) is 0. The molecule has 1 spiro atoms. The summed E-state index contributed by atoms with van der Waals surface area (Å²) >= 11 is 0. The Morgan fingerprint density at radius 2 is 1.73 bits per heavy atom. The maximum Gasteiger partial charge on any atom is 0.0433 e. The average Bonchev–Trinajstić information content (AvgIpc) is 2.76. The lowest BCUT2D eigenvalue weighted by molar-refractivity contribution is 0.197. The van der Waals surface area contributed by atoms with Crippen molar-refractivity contribution in [1.29, 1.82) is 0 Å². The van der Waals surface area contributed by atoms with Crippen LogP contribution in [0.1, 0.15) is 44.9 Å². The molecule has 0 bridgehead atoms. The van der Waals surface area contributed by atoms with Crippen molar-refractivity contribution in [3.05, 3.63) is 0 Å². The van der Waals surface area contributed by atoms with E-state index < -0.39 is 0 Å². The molecule has 2 aliphatic rings. The molecule has 0 amide bonds. The van der Waals surface area contributed by atoms with Gasteiger partial charge in [-0.15, -0.1) is 0 Å². The summed E-state index contributed by atoms with van der Waals surface area (Å²) in [5.74, 6) is 0.853. The van der Waals surface area contributed by atoms with Crippen molar-refractivity contribution in [3.8, 4) is 0 Å². The molecule has 0 unspecified atom stereocenters. The molecule has 0 aromatic carbocycles. The summed E-state index contributed by atoms with van der Waals surface area (Å²) < 4.78 is 0. The van der Waals surface area contributed by atoms with Gasteiger partial charge < -0.3 is 5.11 Å². The second-order valence-electron chi connectivity index (χ2n) is 4.46. The average molecular weight is 154 g/mol. The monoisotopic (exact) mass is 154 g/mol. The van der Waals surface area contributed by atoms with E-state index in [0.29, 0.717) is 6.61 Å². The van der Waals surface area contributed by atoms with Gasteiger partial charge in [0, 0.05) is 6.61 Å². The smallest absolute Gasteiger partial charge is 0.0433 e. The largest absolute Gasteiger partial charge is 0.396 e. The lowest BCUT2D eigenvalue weighted by Gasteiger charge is -2.27. The van der Waals surface area contributed by atoms with Gasteiger partial charge >= 0.3 is 0 Å². The lowest BCUT2D eigenvalue weighted by atomic mass is 9.79. The van der Waals surface area contributed by atoms with Gasteiger partial charge in [0.15, 0.2) is 0 Å². The van der Waals surface area contributed by atoms with Gasteiger partial charge in [0.2, 0.25) is 0 Å². The second-order valence-corrected chi connectivity index (χ2v) is 4.46. The van der Waals surface area contributed by atoms with E-state index in [9.17, 15) is 0 Å². The van der Waals surface area contributed by atoms with Gasteiger partial charge in [-0.3, -0.25) is 0 Å². The molecule has 0 atom stereocenters. The molecule has 0 aromatic rings. The summed E-state index contributed by atoms with van der Waals surface area (Å²) in [4.78, 5) is 0. The molecule has 2 saturated carbocycles.